The van der Waals surface area contributed by atoms with Crippen LogP contribution in [0.4, 0.5) is 14.6 Å². The molecular weight excluding hydrogens is 376 g/mol. The summed E-state index contributed by atoms with van der Waals surface area (Å²) in [6.45, 7) is 3.68. The minimum atomic E-state index is -0.762. The number of hydrogen-bond donors (Lipinski definition) is 1. The maximum absolute atomic E-state index is 14.8. The first-order valence-electron chi connectivity index (χ1n) is 8.72. The van der Waals surface area contributed by atoms with Crippen molar-refractivity contribution >= 4 is 23.2 Å². The van der Waals surface area contributed by atoms with Gasteiger partial charge in [0.2, 0.25) is 11.0 Å². The van der Waals surface area contributed by atoms with Gasteiger partial charge in [-0.2, -0.15) is 0 Å². The zero-order chi connectivity index (χ0) is 19.1. The van der Waals surface area contributed by atoms with E-state index in [9.17, 15) is 8.78 Å². The van der Waals surface area contributed by atoms with Crippen molar-refractivity contribution in [2.45, 2.75) is 19.8 Å². The maximum atomic E-state index is 14.8. The second-order valence-corrected chi connectivity index (χ2v) is 7.12. The Bertz CT molecular complexity index is 978. The monoisotopic (exact) mass is 394 g/mol. The number of nitrogens with zero attached hydrogens (tertiary/aromatic N) is 4. The standard InChI is InChI=1S/C18H18ClF2N5O/c1-10-3-5-25(6-4-10)17-15(16(19)24-18-22-9-23-26(17)18)14-12(20)7-11(27-2)8-13(14)21/h7-10H,3-6H2,1-2H3/p+1. The first kappa shape index (κ1) is 17.9. The van der Waals surface area contributed by atoms with E-state index in [2.05, 4.69) is 26.9 Å². The van der Waals surface area contributed by atoms with Crippen LogP contribution >= 0.6 is 11.6 Å². The summed E-state index contributed by atoms with van der Waals surface area (Å²) in [6, 6.07) is 2.28. The predicted molar refractivity (Wildman–Crippen MR) is 97.1 cm³/mol. The highest BCUT2D eigenvalue weighted by Crippen LogP contribution is 2.39. The van der Waals surface area contributed by atoms with Gasteiger partial charge in [-0.1, -0.05) is 16.9 Å². The third-order valence-corrected chi connectivity index (χ3v) is 5.26. The Morgan fingerprint density at radius 2 is 1.89 bits per heavy atom. The molecule has 1 aliphatic heterocycles. The van der Waals surface area contributed by atoms with Gasteiger partial charge in [-0.15, -0.1) is 4.52 Å². The molecule has 0 radical (unpaired) electrons. The molecule has 0 bridgehead atoms. The molecule has 9 heteroatoms. The smallest absolute Gasteiger partial charge is 0.409 e. The number of nitrogens with one attached hydrogen (secondary N) is 1. The van der Waals surface area contributed by atoms with E-state index in [1.54, 1.807) is 4.52 Å². The Hall–Kier alpha value is -2.48. The molecular formula is C18H19ClF2N5O+. The van der Waals surface area contributed by atoms with Crippen molar-refractivity contribution in [2.75, 3.05) is 25.1 Å². The van der Waals surface area contributed by atoms with E-state index < -0.39 is 11.6 Å². The van der Waals surface area contributed by atoms with E-state index in [1.165, 1.54) is 13.4 Å². The van der Waals surface area contributed by atoms with E-state index in [-0.39, 0.29) is 22.0 Å². The third kappa shape index (κ3) is 3.07. The van der Waals surface area contributed by atoms with Crippen LogP contribution in [0.15, 0.2) is 18.5 Å². The van der Waals surface area contributed by atoms with Crippen LogP contribution in [-0.4, -0.2) is 35.3 Å². The van der Waals surface area contributed by atoms with E-state index in [0.29, 0.717) is 17.5 Å². The first-order valence-corrected chi connectivity index (χ1v) is 9.10. The Morgan fingerprint density at radius 3 is 2.52 bits per heavy atom. The van der Waals surface area contributed by atoms with E-state index in [1.807, 2.05) is 0 Å². The van der Waals surface area contributed by atoms with Crippen molar-refractivity contribution in [1.29, 1.82) is 0 Å². The molecule has 0 atom stereocenters. The number of H-pyrrole nitrogens is 1. The molecule has 0 amide bonds. The van der Waals surface area contributed by atoms with Gasteiger partial charge in [-0.3, -0.25) is 0 Å². The van der Waals surface area contributed by atoms with E-state index >= 15 is 0 Å². The summed E-state index contributed by atoms with van der Waals surface area (Å²) in [6.07, 6.45) is 3.42. The quantitative estimate of drug-likeness (QED) is 0.546. The summed E-state index contributed by atoms with van der Waals surface area (Å²) < 4.78 is 36.2. The molecule has 0 spiro atoms. The normalized spacial score (nSPS) is 15.5. The largest absolute Gasteiger partial charge is 0.497 e. The molecule has 27 heavy (non-hydrogen) atoms. The van der Waals surface area contributed by atoms with Gasteiger partial charge in [0.05, 0.1) is 25.8 Å². The number of piperidine rings is 1. The molecule has 4 rings (SSSR count). The third-order valence-electron chi connectivity index (χ3n) is 4.99. The van der Waals surface area contributed by atoms with Gasteiger partial charge in [0.25, 0.3) is 0 Å². The summed E-state index contributed by atoms with van der Waals surface area (Å²) in [5.41, 5.74) is -0.0310. The Kier molecular flexibility index (Phi) is 4.59. The predicted octanol–water partition coefficient (Wildman–Crippen LogP) is 3.39. The van der Waals surface area contributed by atoms with Crippen LogP contribution in [0.1, 0.15) is 19.8 Å². The number of rotatable bonds is 3. The van der Waals surface area contributed by atoms with Crippen molar-refractivity contribution in [3.05, 3.63) is 35.2 Å². The van der Waals surface area contributed by atoms with E-state index in [0.717, 1.165) is 38.1 Å². The maximum Gasteiger partial charge on any atom is 0.409 e. The molecule has 0 aliphatic carbocycles. The Balaban J connectivity index is 1.98. The summed E-state index contributed by atoms with van der Waals surface area (Å²) in [7, 11) is 1.36. The molecule has 6 nitrogen and oxygen atoms in total. The topological polar surface area (TPSA) is 58.1 Å². The second-order valence-electron chi connectivity index (χ2n) is 6.76. The van der Waals surface area contributed by atoms with Crippen LogP contribution in [0.25, 0.3) is 16.9 Å². The van der Waals surface area contributed by atoms with Crippen molar-refractivity contribution in [1.82, 2.24) is 15.1 Å². The number of aromatic amines is 1. The summed E-state index contributed by atoms with van der Waals surface area (Å²) in [4.78, 5) is 10.4. The van der Waals surface area contributed by atoms with Gasteiger partial charge in [-0.25, -0.2) is 13.9 Å². The number of hydrogen-bond acceptors (Lipinski definition) is 4. The lowest BCUT2D eigenvalue weighted by atomic mass is 9.98. The molecule has 1 saturated heterocycles. The highest BCUT2D eigenvalue weighted by atomic mass is 35.5. The first-order chi connectivity index (χ1) is 13.0. The van der Waals surface area contributed by atoms with E-state index in [4.69, 9.17) is 16.3 Å². The molecule has 1 fully saturated rings. The summed E-state index contributed by atoms with van der Waals surface area (Å²) in [5, 5.41) is 2.97. The van der Waals surface area contributed by atoms with Gasteiger partial charge < -0.3 is 9.64 Å². The Labute approximate surface area is 159 Å². The van der Waals surface area contributed by atoms with Crippen LogP contribution in [-0.2, 0) is 0 Å². The average Bonchev–Trinajstić information content (AvgIpc) is 3.10. The summed E-state index contributed by atoms with van der Waals surface area (Å²) >= 11 is 6.40. The zero-order valence-corrected chi connectivity index (χ0v) is 15.7. The fourth-order valence-electron chi connectivity index (χ4n) is 3.48. The van der Waals surface area contributed by atoms with Crippen LogP contribution in [0.5, 0.6) is 5.75 Å². The lowest BCUT2D eigenvalue weighted by Gasteiger charge is -2.29. The highest BCUT2D eigenvalue weighted by Gasteiger charge is 2.33. The number of aromatic nitrogens is 4. The van der Waals surface area contributed by atoms with Crippen LogP contribution in [0.3, 0.4) is 0 Å². The highest BCUT2D eigenvalue weighted by molar-refractivity contribution is 6.32. The lowest BCUT2D eigenvalue weighted by molar-refractivity contribution is -0.566. The van der Waals surface area contributed by atoms with Crippen molar-refractivity contribution in [3.63, 3.8) is 0 Å². The van der Waals surface area contributed by atoms with Crippen molar-refractivity contribution < 1.29 is 18.0 Å². The molecule has 3 heterocycles. The molecule has 1 aromatic carbocycles. The SMILES string of the molecule is COc1cc(F)c(-c2c(Cl)nc3nc[nH][n+]3c2N2CCC(C)CC2)c(F)c1. The fourth-order valence-corrected chi connectivity index (χ4v) is 3.74. The summed E-state index contributed by atoms with van der Waals surface area (Å²) in [5.74, 6) is 0.0625. The van der Waals surface area contributed by atoms with Crippen LogP contribution in [0.2, 0.25) is 5.15 Å². The lowest BCUT2D eigenvalue weighted by Crippen LogP contribution is -2.42. The number of benzene rings is 1. The number of anilines is 1. The van der Waals surface area contributed by atoms with Crippen molar-refractivity contribution in [3.8, 4) is 16.9 Å². The number of ether oxygens (including phenoxy) is 1. The fraction of sp³-hybridized carbons (Fsp3) is 0.389. The second kappa shape index (κ2) is 6.92. The average molecular weight is 395 g/mol. The van der Waals surface area contributed by atoms with Crippen LogP contribution in [0, 0.1) is 17.6 Å². The Morgan fingerprint density at radius 1 is 1.22 bits per heavy atom. The molecule has 2 aromatic heterocycles. The minimum absolute atomic E-state index is 0.00121. The molecule has 142 valence electrons. The van der Waals surface area contributed by atoms with Crippen molar-refractivity contribution in [2.24, 2.45) is 5.92 Å². The number of fused-ring (bicyclic) bond motifs is 1. The molecule has 0 saturated carbocycles. The van der Waals surface area contributed by atoms with Gasteiger partial charge in [0.15, 0.2) is 6.33 Å². The van der Waals surface area contributed by atoms with Gasteiger partial charge >= 0.3 is 5.78 Å². The number of halogens is 3. The molecule has 1 N–H and O–H groups in total. The molecule has 1 aliphatic rings. The van der Waals surface area contributed by atoms with Gasteiger partial charge in [0.1, 0.15) is 22.9 Å². The molecule has 0 unspecified atom stereocenters. The van der Waals surface area contributed by atoms with Gasteiger partial charge in [0, 0.05) is 12.1 Å². The van der Waals surface area contributed by atoms with Gasteiger partial charge in [-0.05, 0) is 30.4 Å². The van der Waals surface area contributed by atoms with Crippen LogP contribution < -0.4 is 14.2 Å². The molecule has 3 aromatic rings. The zero-order valence-electron chi connectivity index (χ0n) is 15.0. The number of methoxy groups -OCH3 is 1. The minimum Gasteiger partial charge on any atom is -0.497 e.